The number of rotatable bonds is 7. The minimum Gasteiger partial charge on any atom is -0.464 e. The first-order chi connectivity index (χ1) is 10.7. The van der Waals surface area contributed by atoms with Gasteiger partial charge < -0.3 is 9.64 Å². The third kappa shape index (κ3) is 5.73. The van der Waals surface area contributed by atoms with Gasteiger partial charge in [-0.2, -0.15) is 0 Å². The molecule has 2 aliphatic carbocycles. The maximum Gasteiger partial charge on any atom is 1.00 e. The number of nitrogens with zero attached hydrogens (tertiary/aromatic N) is 1. The van der Waals surface area contributed by atoms with E-state index in [2.05, 4.69) is 18.7 Å². The first-order valence-electron chi connectivity index (χ1n) is 9.62. The minimum absolute atomic E-state index is 0. The Morgan fingerprint density at radius 2 is 1.57 bits per heavy atom. The molecule has 3 nitrogen and oxygen atoms in total. The van der Waals surface area contributed by atoms with Crippen molar-refractivity contribution in [2.75, 3.05) is 26.2 Å². The molecule has 0 unspecified atom stereocenters. The fourth-order valence-corrected chi connectivity index (χ4v) is 4.57. The van der Waals surface area contributed by atoms with Crippen molar-refractivity contribution in [1.29, 1.82) is 0 Å². The third-order valence-corrected chi connectivity index (χ3v) is 6.07. The van der Waals surface area contributed by atoms with Crippen LogP contribution < -0.4 is 29.6 Å². The van der Waals surface area contributed by atoms with E-state index >= 15 is 0 Å². The molecule has 4 heteroatoms. The van der Waals surface area contributed by atoms with Gasteiger partial charge in [0, 0.05) is 6.54 Å². The second-order valence-corrected chi connectivity index (χ2v) is 7.21. The average molecular weight is 332 g/mol. The quantitative estimate of drug-likeness (QED) is 0.521. The summed E-state index contributed by atoms with van der Waals surface area (Å²) in [6, 6.07) is 0. The molecule has 0 aliphatic heterocycles. The number of hydrogen-bond acceptors (Lipinski definition) is 3. The van der Waals surface area contributed by atoms with Crippen LogP contribution >= 0.6 is 0 Å². The van der Waals surface area contributed by atoms with Gasteiger partial charge in [0.2, 0.25) is 0 Å². The van der Waals surface area contributed by atoms with Gasteiger partial charge in [-0.25, -0.2) is 0 Å². The van der Waals surface area contributed by atoms with Gasteiger partial charge in [-0.1, -0.05) is 52.4 Å². The van der Waals surface area contributed by atoms with Gasteiger partial charge in [0.1, 0.15) is 6.61 Å². The number of ether oxygens (including phenoxy) is 1. The van der Waals surface area contributed by atoms with Crippen LogP contribution in [0.1, 0.15) is 78.1 Å². The Hall–Kier alpha value is 0.430. The first-order valence-corrected chi connectivity index (χ1v) is 9.62. The zero-order chi connectivity index (χ0) is 15.8. The van der Waals surface area contributed by atoms with Gasteiger partial charge in [0.05, 0.1) is 5.41 Å². The van der Waals surface area contributed by atoms with E-state index in [9.17, 15) is 4.79 Å². The number of carbonyl (C=O) groups excluding carboxylic acids is 1. The normalized spacial score (nSPS) is 21.7. The monoisotopic (exact) mass is 332 g/mol. The molecule has 0 radical (unpaired) electrons. The van der Waals surface area contributed by atoms with Gasteiger partial charge in [0.15, 0.2) is 0 Å². The maximum absolute atomic E-state index is 12.9. The van der Waals surface area contributed by atoms with E-state index in [1.165, 1.54) is 51.4 Å². The van der Waals surface area contributed by atoms with Crippen LogP contribution in [0.15, 0.2) is 0 Å². The molecule has 0 heterocycles. The summed E-state index contributed by atoms with van der Waals surface area (Å²) < 4.78 is 5.79. The van der Waals surface area contributed by atoms with E-state index in [1.807, 2.05) is 0 Å². The second-order valence-electron chi connectivity index (χ2n) is 7.21. The fourth-order valence-electron chi connectivity index (χ4n) is 4.57. The van der Waals surface area contributed by atoms with Crippen molar-refractivity contribution < 1.29 is 39.1 Å². The van der Waals surface area contributed by atoms with Crippen molar-refractivity contribution in [3.05, 3.63) is 0 Å². The van der Waals surface area contributed by atoms with Gasteiger partial charge >= 0.3 is 35.5 Å². The predicted molar refractivity (Wildman–Crippen MR) is 90.8 cm³/mol. The van der Waals surface area contributed by atoms with Crippen LogP contribution in [-0.2, 0) is 9.53 Å². The molecule has 23 heavy (non-hydrogen) atoms. The minimum atomic E-state index is -0.137. The Labute approximate surface area is 165 Å². The number of likely N-dealkylation sites (N-methyl/N-ethyl adjacent to an activating group) is 1. The van der Waals surface area contributed by atoms with E-state index < -0.39 is 0 Å². The van der Waals surface area contributed by atoms with E-state index in [0.717, 1.165) is 32.5 Å². The molecule has 2 aliphatic rings. The number of carbonyl (C=O) groups is 1. The van der Waals surface area contributed by atoms with Crippen LogP contribution in [0.2, 0.25) is 0 Å². The molecule has 2 fully saturated rings. The Bertz CT molecular complexity index is 332. The van der Waals surface area contributed by atoms with Crippen molar-refractivity contribution in [3.8, 4) is 0 Å². The molecular formula is C19H35NNaO2+. The molecule has 0 aromatic heterocycles. The number of hydrogen-bond donors (Lipinski definition) is 0. The molecule has 0 bridgehead atoms. The van der Waals surface area contributed by atoms with Crippen LogP contribution in [0, 0.1) is 11.3 Å². The summed E-state index contributed by atoms with van der Waals surface area (Å²) in [5, 5.41) is 0. The first kappa shape index (κ1) is 21.5. The zero-order valence-electron chi connectivity index (χ0n) is 15.7. The Morgan fingerprint density at radius 1 is 1.00 bits per heavy atom. The molecule has 0 spiro atoms. The summed E-state index contributed by atoms with van der Waals surface area (Å²) in [6.45, 7) is 7.82. The molecule has 0 atom stereocenters. The molecule has 0 aromatic carbocycles. The van der Waals surface area contributed by atoms with Gasteiger partial charge in [-0.15, -0.1) is 0 Å². The summed E-state index contributed by atoms with van der Waals surface area (Å²) in [5.41, 5.74) is -0.137. The van der Waals surface area contributed by atoms with Gasteiger partial charge in [-0.05, 0) is 44.7 Å². The Kier molecular flexibility index (Phi) is 10.4. The van der Waals surface area contributed by atoms with Crippen molar-refractivity contribution >= 4 is 5.97 Å². The molecule has 0 amide bonds. The molecule has 128 valence electrons. The Balaban J connectivity index is 0.00000264. The summed E-state index contributed by atoms with van der Waals surface area (Å²) in [4.78, 5) is 15.3. The Morgan fingerprint density at radius 3 is 2.13 bits per heavy atom. The summed E-state index contributed by atoms with van der Waals surface area (Å²) in [5.74, 6) is 0.716. The molecule has 2 rings (SSSR count). The van der Waals surface area contributed by atoms with Crippen LogP contribution in [0.25, 0.3) is 0 Å². The van der Waals surface area contributed by atoms with Gasteiger partial charge in [-0.3, -0.25) is 4.79 Å². The van der Waals surface area contributed by atoms with Crippen LogP contribution in [0.3, 0.4) is 0 Å². The van der Waals surface area contributed by atoms with E-state index in [-0.39, 0.29) is 40.9 Å². The maximum atomic E-state index is 12.9. The van der Waals surface area contributed by atoms with Crippen molar-refractivity contribution in [3.63, 3.8) is 0 Å². The standard InChI is InChI=1S/C19H35NO2.Na/c1-3-20(4-2)15-16-22-18(21)19(13-9-6-10-14-19)17-11-7-5-8-12-17;/h17H,3-16H2,1-2H3;/q;+1. The van der Waals surface area contributed by atoms with Gasteiger partial charge in [0.25, 0.3) is 0 Å². The molecule has 0 aromatic rings. The van der Waals surface area contributed by atoms with Crippen molar-refractivity contribution in [1.82, 2.24) is 4.90 Å². The smallest absolute Gasteiger partial charge is 0.464 e. The van der Waals surface area contributed by atoms with Crippen LogP contribution in [0.4, 0.5) is 0 Å². The third-order valence-electron chi connectivity index (χ3n) is 6.07. The fraction of sp³-hybridized carbons (Fsp3) is 0.947. The molecular weight excluding hydrogens is 297 g/mol. The average Bonchev–Trinajstić information content (AvgIpc) is 2.60. The van der Waals surface area contributed by atoms with Crippen molar-refractivity contribution in [2.45, 2.75) is 78.1 Å². The summed E-state index contributed by atoms with van der Waals surface area (Å²) in [7, 11) is 0. The largest absolute Gasteiger partial charge is 1.00 e. The van der Waals surface area contributed by atoms with Crippen LogP contribution in [0.5, 0.6) is 0 Å². The number of esters is 1. The molecule has 0 saturated heterocycles. The summed E-state index contributed by atoms with van der Waals surface area (Å²) in [6.07, 6.45) is 12.3. The SMILES string of the molecule is CCN(CC)CCOC(=O)C1(C2CCCCC2)CCCCC1.[Na+]. The predicted octanol–water partition coefficient (Wildman–Crippen LogP) is 1.41. The molecule has 2 saturated carbocycles. The van der Waals surface area contributed by atoms with Crippen LogP contribution in [-0.4, -0.2) is 37.1 Å². The second kappa shape index (κ2) is 11.1. The zero-order valence-corrected chi connectivity index (χ0v) is 17.7. The van der Waals surface area contributed by atoms with Crippen molar-refractivity contribution in [2.24, 2.45) is 11.3 Å². The topological polar surface area (TPSA) is 29.5 Å². The molecule has 0 N–H and O–H groups in total. The van der Waals surface area contributed by atoms with E-state index in [1.54, 1.807) is 0 Å². The van der Waals surface area contributed by atoms with E-state index in [0.29, 0.717) is 12.5 Å². The summed E-state index contributed by atoms with van der Waals surface area (Å²) >= 11 is 0. The van der Waals surface area contributed by atoms with E-state index in [4.69, 9.17) is 4.74 Å².